The highest BCUT2D eigenvalue weighted by Crippen LogP contribution is 2.17. The van der Waals surface area contributed by atoms with Crippen LogP contribution < -0.4 is 0 Å². The van der Waals surface area contributed by atoms with E-state index in [2.05, 4.69) is 0 Å². The van der Waals surface area contributed by atoms with Crippen LogP contribution in [0, 0.1) is 11.3 Å². The second kappa shape index (κ2) is 7.14. The molecule has 0 unspecified atom stereocenters. The molecule has 2 nitrogen and oxygen atoms in total. The highest BCUT2D eigenvalue weighted by atomic mass is 35.5. The fraction of sp³-hybridized carbons (Fsp3) is 0.125. The zero-order valence-corrected chi connectivity index (χ0v) is 12.2. The lowest BCUT2D eigenvalue weighted by molar-refractivity contribution is 0.102. The third-order valence-corrected chi connectivity index (χ3v) is 4.01. The summed E-state index contributed by atoms with van der Waals surface area (Å²) < 4.78 is 0. The summed E-state index contributed by atoms with van der Waals surface area (Å²) in [5.41, 5.74) is 2.36. The Kier molecular flexibility index (Phi) is 5.23. The second-order valence-electron chi connectivity index (χ2n) is 4.23. The van der Waals surface area contributed by atoms with Gasteiger partial charge in [-0.05, 0) is 29.8 Å². The van der Waals surface area contributed by atoms with Crippen molar-refractivity contribution in [2.24, 2.45) is 0 Å². The number of benzene rings is 2. The van der Waals surface area contributed by atoms with Gasteiger partial charge in [0, 0.05) is 16.3 Å². The van der Waals surface area contributed by atoms with Crippen molar-refractivity contribution in [3.63, 3.8) is 0 Å². The van der Waals surface area contributed by atoms with E-state index in [1.807, 2.05) is 30.3 Å². The first-order valence-corrected chi connectivity index (χ1v) is 7.58. The molecular weight excluding hydrogens is 290 g/mol. The van der Waals surface area contributed by atoms with Crippen LogP contribution in [0.3, 0.4) is 0 Å². The summed E-state index contributed by atoms with van der Waals surface area (Å²) in [6.45, 7) is 0. The van der Waals surface area contributed by atoms with Gasteiger partial charge < -0.3 is 0 Å². The van der Waals surface area contributed by atoms with Gasteiger partial charge in [-0.2, -0.15) is 5.26 Å². The molecule has 0 aliphatic heterocycles. The van der Waals surface area contributed by atoms with E-state index in [4.69, 9.17) is 16.9 Å². The Labute approximate surface area is 127 Å². The van der Waals surface area contributed by atoms with Gasteiger partial charge in [-0.3, -0.25) is 4.79 Å². The number of Topliss-reactive ketones (excluding diaryl/α,β-unsaturated/α-hetero) is 1. The highest BCUT2D eigenvalue weighted by Gasteiger charge is 2.06. The molecule has 0 bridgehead atoms. The van der Waals surface area contributed by atoms with E-state index >= 15 is 0 Å². The maximum atomic E-state index is 12.0. The zero-order chi connectivity index (χ0) is 14.4. The number of hydrogen-bond acceptors (Lipinski definition) is 3. The van der Waals surface area contributed by atoms with Crippen LogP contribution >= 0.6 is 23.4 Å². The van der Waals surface area contributed by atoms with Gasteiger partial charge in [0.05, 0.1) is 17.4 Å². The SMILES string of the molecule is N#Cc1ccc(C(=O)CSCc2ccc(Cl)cc2)cc1. The minimum atomic E-state index is 0.0773. The van der Waals surface area contributed by atoms with Crippen molar-refractivity contribution in [3.8, 4) is 6.07 Å². The summed E-state index contributed by atoms with van der Waals surface area (Å²) in [6.07, 6.45) is 0. The molecule has 2 rings (SSSR count). The molecule has 0 aliphatic rings. The van der Waals surface area contributed by atoms with Crippen LogP contribution in [0.4, 0.5) is 0 Å². The number of halogens is 1. The van der Waals surface area contributed by atoms with Gasteiger partial charge in [0.15, 0.2) is 5.78 Å². The van der Waals surface area contributed by atoms with Gasteiger partial charge >= 0.3 is 0 Å². The van der Waals surface area contributed by atoms with Crippen molar-refractivity contribution in [1.82, 2.24) is 0 Å². The van der Waals surface area contributed by atoms with E-state index in [-0.39, 0.29) is 5.78 Å². The molecule has 0 fully saturated rings. The third-order valence-electron chi connectivity index (χ3n) is 2.75. The molecule has 4 heteroatoms. The standard InChI is InChI=1S/C16H12ClNOS/c17-15-7-3-13(4-8-15)10-20-11-16(19)14-5-1-12(9-18)2-6-14/h1-8H,10-11H2. The van der Waals surface area contributed by atoms with Gasteiger partial charge in [-0.15, -0.1) is 11.8 Å². The number of carbonyl (C=O) groups is 1. The topological polar surface area (TPSA) is 40.9 Å². The lowest BCUT2D eigenvalue weighted by Gasteiger charge is -2.02. The molecule has 0 atom stereocenters. The quantitative estimate of drug-likeness (QED) is 0.772. The predicted octanol–water partition coefficient (Wildman–Crippen LogP) is 4.33. The number of hydrogen-bond donors (Lipinski definition) is 0. The Balaban J connectivity index is 1.85. The minimum absolute atomic E-state index is 0.0773. The average molecular weight is 302 g/mol. The Morgan fingerprint density at radius 1 is 1.10 bits per heavy atom. The van der Waals surface area contributed by atoms with Crippen molar-refractivity contribution in [1.29, 1.82) is 5.26 Å². The molecule has 2 aromatic carbocycles. The smallest absolute Gasteiger partial charge is 0.172 e. The molecule has 100 valence electrons. The Bertz CT molecular complexity index is 629. The summed E-state index contributed by atoms with van der Waals surface area (Å²) >= 11 is 7.38. The van der Waals surface area contributed by atoms with Crippen molar-refractivity contribution in [2.75, 3.05) is 5.75 Å². The van der Waals surface area contributed by atoms with Crippen molar-refractivity contribution < 1.29 is 4.79 Å². The van der Waals surface area contributed by atoms with E-state index < -0.39 is 0 Å². The number of thioether (sulfide) groups is 1. The molecule has 0 aliphatic carbocycles. The van der Waals surface area contributed by atoms with Crippen LogP contribution in [0.25, 0.3) is 0 Å². The number of nitriles is 1. The molecule has 0 spiro atoms. The molecule has 2 aromatic rings. The maximum Gasteiger partial charge on any atom is 0.172 e. The molecule has 0 saturated carbocycles. The molecule has 0 aromatic heterocycles. The fourth-order valence-corrected chi connectivity index (χ4v) is 2.66. The number of rotatable bonds is 5. The first-order chi connectivity index (χ1) is 9.69. The largest absolute Gasteiger partial charge is 0.293 e. The normalized spacial score (nSPS) is 10.0. The lowest BCUT2D eigenvalue weighted by Crippen LogP contribution is -2.02. The van der Waals surface area contributed by atoms with E-state index in [1.165, 1.54) is 0 Å². The summed E-state index contributed by atoms with van der Waals surface area (Å²) in [6, 6.07) is 16.4. The molecule has 20 heavy (non-hydrogen) atoms. The van der Waals surface area contributed by atoms with Gasteiger partial charge in [0.1, 0.15) is 0 Å². The number of nitrogens with zero attached hydrogens (tertiary/aromatic N) is 1. The monoisotopic (exact) mass is 301 g/mol. The predicted molar refractivity (Wildman–Crippen MR) is 83.1 cm³/mol. The van der Waals surface area contributed by atoms with Crippen molar-refractivity contribution in [3.05, 3.63) is 70.2 Å². The van der Waals surface area contributed by atoms with Crippen LogP contribution in [-0.4, -0.2) is 11.5 Å². The Hall–Kier alpha value is -1.76. The molecule has 0 N–H and O–H groups in total. The van der Waals surface area contributed by atoms with Crippen LogP contribution in [0.5, 0.6) is 0 Å². The lowest BCUT2D eigenvalue weighted by atomic mass is 10.1. The number of ketones is 1. The zero-order valence-electron chi connectivity index (χ0n) is 10.7. The maximum absolute atomic E-state index is 12.0. The van der Waals surface area contributed by atoms with E-state index in [0.29, 0.717) is 21.9 Å². The molecular formula is C16H12ClNOS. The van der Waals surface area contributed by atoms with Crippen LogP contribution in [0.1, 0.15) is 21.5 Å². The highest BCUT2D eigenvalue weighted by molar-refractivity contribution is 7.99. The summed E-state index contributed by atoms with van der Waals surface area (Å²) in [4.78, 5) is 12.0. The van der Waals surface area contributed by atoms with E-state index in [0.717, 1.165) is 11.3 Å². The van der Waals surface area contributed by atoms with Crippen molar-refractivity contribution in [2.45, 2.75) is 5.75 Å². The second-order valence-corrected chi connectivity index (χ2v) is 5.65. The summed E-state index contributed by atoms with van der Waals surface area (Å²) in [5.74, 6) is 1.28. The van der Waals surface area contributed by atoms with Gasteiger partial charge in [-0.1, -0.05) is 35.9 Å². The Morgan fingerprint density at radius 2 is 1.75 bits per heavy atom. The average Bonchev–Trinajstić information content (AvgIpc) is 2.49. The van der Waals surface area contributed by atoms with Crippen LogP contribution in [0.2, 0.25) is 5.02 Å². The van der Waals surface area contributed by atoms with Gasteiger partial charge in [0.25, 0.3) is 0 Å². The van der Waals surface area contributed by atoms with Crippen molar-refractivity contribution >= 4 is 29.1 Å². The van der Waals surface area contributed by atoms with E-state index in [1.54, 1.807) is 36.0 Å². The van der Waals surface area contributed by atoms with Crippen LogP contribution in [-0.2, 0) is 5.75 Å². The Morgan fingerprint density at radius 3 is 2.35 bits per heavy atom. The molecule has 0 heterocycles. The third kappa shape index (κ3) is 4.12. The van der Waals surface area contributed by atoms with E-state index in [9.17, 15) is 4.79 Å². The van der Waals surface area contributed by atoms with Crippen LogP contribution in [0.15, 0.2) is 48.5 Å². The molecule has 0 amide bonds. The van der Waals surface area contributed by atoms with Gasteiger partial charge in [0.2, 0.25) is 0 Å². The molecule has 0 saturated heterocycles. The first-order valence-electron chi connectivity index (χ1n) is 6.04. The van der Waals surface area contributed by atoms with Gasteiger partial charge in [-0.25, -0.2) is 0 Å². The fourth-order valence-electron chi connectivity index (χ4n) is 1.66. The minimum Gasteiger partial charge on any atom is -0.293 e. The first kappa shape index (κ1) is 14.6. The number of carbonyl (C=O) groups excluding carboxylic acids is 1. The summed E-state index contributed by atoms with van der Waals surface area (Å²) in [7, 11) is 0. The summed E-state index contributed by atoms with van der Waals surface area (Å²) in [5, 5.41) is 9.42. The molecule has 0 radical (unpaired) electrons.